The van der Waals surface area contributed by atoms with Gasteiger partial charge in [0, 0.05) is 29.2 Å². The van der Waals surface area contributed by atoms with E-state index in [1.807, 2.05) is 24.4 Å². The molecule has 0 spiro atoms. The predicted molar refractivity (Wildman–Crippen MR) is 93.3 cm³/mol. The summed E-state index contributed by atoms with van der Waals surface area (Å²) in [6, 6.07) is 15.1. The predicted octanol–water partition coefficient (Wildman–Crippen LogP) is 6.49. The first-order valence-corrected chi connectivity index (χ1v) is 8.62. The summed E-state index contributed by atoms with van der Waals surface area (Å²) in [5.41, 5.74) is 1.85. The molecule has 1 aliphatic carbocycles. The maximum absolute atomic E-state index is 12.9. The summed E-state index contributed by atoms with van der Waals surface area (Å²) in [5, 5.41) is 0.953. The summed E-state index contributed by atoms with van der Waals surface area (Å²) in [5.74, 6) is 0.742. The minimum absolute atomic E-state index is 0.503. The fraction of sp³-hybridized carbons (Fsp3) is 0.333. The lowest BCUT2D eigenvalue weighted by Gasteiger charge is -2.14. The molecule has 1 saturated carbocycles. The highest BCUT2D eigenvalue weighted by atomic mass is 19.4. The third-order valence-electron chi connectivity index (χ3n) is 5.22. The van der Waals surface area contributed by atoms with Crippen LogP contribution in [0, 0.1) is 12.0 Å². The molecule has 25 heavy (non-hydrogen) atoms. The van der Waals surface area contributed by atoms with E-state index in [-0.39, 0.29) is 0 Å². The second kappa shape index (κ2) is 5.94. The standard InChI is InChI=1S/C21H19F3N/c1-14-5-7-19(11-14)25-10-9-17-12-16(6-8-20(17)25)15-3-2-4-18(13-15)21(22,23)24/h2-4,6,8,10,12-14,19H,5,7,11H2,1H3. The number of fused-ring (bicyclic) bond motifs is 1. The van der Waals surface area contributed by atoms with Crippen molar-refractivity contribution in [2.75, 3.05) is 0 Å². The van der Waals surface area contributed by atoms with Gasteiger partial charge in [-0.1, -0.05) is 25.1 Å². The van der Waals surface area contributed by atoms with Gasteiger partial charge in [0.05, 0.1) is 5.56 Å². The summed E-state index contributed by atoms with van der Waals surface area (Å²) in [6.07, 6.45) is 1.26. The molecule has 2 aromatic carbocycles. The van der Waals surface area contributed by atoms with Gasteiger partial charge in [-0.25, -0.2) is 0 Å². The van der Waals surface area contributed by atoms with Crippen molar-refractivity contribution < 1.29 is 13.2 Å². The van der Waals surface area contributed by atoms with Crippen LogP contribution in [-0.4, -0.2) is 4.57 Å². The molecule has 1 nitrogen and oxygen atoms in total. The van der Waals surface area contributed by atoms with Gasteiger partial charge in [0.25, 0.3) is 0 Å². The van der Waals surface area contributed by atoms with Crippen LogP contribution in [0.15, 0.2) is 48.7 Å². The van der Waals surface area contributed by atoms with Gasteiger partial charge >= 0.3 is 6.18 Å². The number of aromatic nitrogens is 1. The number of nitrogens with zero attached hydrogens (tertiary/aromatic N) is 1. The Morgan fingerprint density at radius 3 is 2.56 bits per heavy atom. The highest BCUT2D eigenvalue weighted by Crippen LogP contribution is 2.37. The molecular weight excluding hydrogens is 323 g/mol. The van der Waals surface area contributed by atoms with Crippen LogP contribution in [0.1, 0.15) is 37.8 Å². The fourth-order valence-corrected chi connectivity index (χ4v) is 3.87. The second-order valence-electron chi connectivity index (χ2n) is 7.06. The Morgan fingerprint density at radius 1 is 1.04 bits per heavy atom. The van der Waals surface area contributed by atoms with E-state index in [1.54, 1.807) is 6.07 Å². The fourth-order valence-electron chi connectivity index (χ4n) is 3.87. The Morgan fingerprint density at radius 2 is 1.84 bits per heavy atom. The molecule has 0 N–H and O–H groups in total. The summed E-state index contributed by atoms with van der Waals surface area (Å²) in [7, 11) is 0. The maximum Gasteiger partial charge on any atom is 0.416 e. The normalized spacial score (nSPS) is 21.1. The molecule has 3 aromatic rings. The molecule has 0 saturated heterocycles. The van der Waals surface area contributed by atoms with Crippen molar-refractivity contribution in [2.45, 2.75) is 38.4 Å². The topological polar surface area (TPSA) is 4.93 Å². The van der Waals surface area contributed by atoms with Crippen LogP contribution in [-0.2, 0) is 6.18 Å². The number of hydrogen-bond acceptors (Lipinski definition) is 0. The SMILES string of the molecule is CC1CCC(n2c[c]c3cc(-c4cccc(C(F)(F)F)c4)ccc32)C1. The average molecular weight is 342 g/mol. The number of alkyl halides is 3. The number of benzene rings is 2. The van der Waals surface area contributed by atoms with Crippen molar-refractivity contribution in [3.05, 3.63) is 60.3 Å². The van der Waals surface area contributed by atoms with E-state index in [2.05, 4.69) is 17.6 Å². The van der Waals surface area contributed by atoms with E-state index in [0.717, 1.165) is 28.5 Å². The first-order chi connectivity index (χ1) is 11.9. The maximum atomic E-state index is 12.9. The Balaban J connectivity index is 1.71. The number of halogens is 3. The molecule has 2 unspecified atom stereocenters. The van der Waals surface area contributed by atoms with Crippen molar-refractivity contribution in [1.29, 1.82) is 0 Å². The van der Waals surface area contributed by atoms with E-state index in [4.69, 9.17) is 0 Å². The lowest BCUT2D eigenvalue weighted by Crippen LogP contribution is -2.04. The molecule has 4 rings (SSSR count). The number of hydrogen-bond donors (Lipinski definition) is 0. The van der Waals surface area contributed by atoms with Crippen molar-refractivity contribution in [3.8, 4) is 11.1 Å². The van der Waals surface area contributed by atoms with E-state index < -0.39 is 11.7 Å². The Bertz CT molecular complexity index is 907. The second-order valence-corrected chi connectivity index (χ2v) is 7.06. The molecule has 0 aliphatic heterocycles. The van der Waals surface area contributed by atoms with Crippen LogP contribution >= 0.6 is 0 Å². The zero-order valence-corrected chi connectivity index (χ0v) is 14.0. The zero-order chi connectivity index (χ0) is 17.6. The molecule has 129 valence electrons. The van der Waals surface area contributed by atoms with E-state index in [9.17, 15) is 13.2 Å². The Kier molecular flexibility index (Phi) is 3.86. The van der Waals surface area contributed by atoms with Gasteiger partial charge < -0.3 is 4.57 Å². The Hall–Kier alpha value is -2.23. The average Bonchev–Trinajstić information content (AvgIpc) is 3.19. The smallest absolute Gasteiger partial charge is 0.344 e. The van der Waals surface area contributed by atoms with Crippen molar-refractivity contribution >= 4 is 10.9 Å². The molecule has 1 heterocycles. The molecule has 1 radical (unpaired) electrons. The molecule has 1 fully saturated rings. The largest absolute Gasteiger partial charge is 0.416 e. The minimum Gasteiger partial charge on any atom is -0.344 e. The molecular formula is C21H19F3N. The summed E-state index contributed by atoms with van der Waals surface area (Å²) in [4.78, 5) is 0. The monoisotopic (exact) mass is 342 g/mol. The van der Waals surface area contributed by atoms with E-state index >= 15 is 0 Å². The van der Waals surface area contributed by atoms with Crippen LogP contribution in [0.25, 0.3) is 22.0 Å². The summed E-state index contributed by atoms with van der Waals surface area (Å²) < 4.78 is 41.1. The summed E-state index contributed by atoms with van der Waals surface area (Å²) >= 11 is 0. The minimum atomic E-state index is -4.32. The van der Waals surface area contributed by atoms with Crippen LogP contribution in [0.4, 0.5) is 13.2 Å². The van der Waals surface area contributed by atoms with Gasteiger partial charge in [0.1, 0.15) is 0 Å². The van der Waals surface area contributed by atoms with Gasteiger partial charge in [-0.05, 0) is 60.6 Å². The van der Waals surface area contributed by atoms with E-state index in [0.29, 0.717) is 11.6 Å². The van der Waals surface area contributed by atoms with Crippen molar-refractivity contribution in [1.82, 2.24) is 4.57 Å². The highest BCUT2D eigenvalue weighted by molar-refractivity contribution is 5.85. The van der Waals surface area contributed by atoms with Crippen LogP contribution < -0.4 is 0 Å². The third kappa shape index (κ3) is 3.06. The zero-order valence-electron chi connectivity index (χ0n) is 14.0. The molecule has 1 aromatic heterocycles. The summed E-state index contributed by atoms with van der Waals surface area (Å²) in [6.45, 7) is 2.28. The first kappa shape index (κ1) is 16.2. The first-order valence-electron chi connectivity index (χ1n) is 8.62. The van der Waals surface area contributed by atoms with Gasteiger partial charge in [-0.3, -0.25) is 0 Å². The number of rotatable bonds is 2. The lowest BCUT2D eigenvalue weighted by molar-refractivity contribution is -0.137. The van der Waals surface area contributed by atoms with Gasteiger partial charge in [-0.2, -0.15) is 13.2 Å². The van der Waals surface area contributed by atoms with Gasteiger partial charge in [-0.15, -0.1) is 0 Å². The third-order valence-corrected chi connectivity index (χ3v) is 5.22. The van der Waals surface area contributed by atoms with Crippen LogP contribution in [0.3, 0.4) is 0 Å². The molecule has 4 heteroatoms. The molecule has 0 amide bonds. The molecule has 1 aliphatic rings. The van der Waals surface area contributed by atoms with Crippen LogP contribution in [0.5, 0.6) is 0 Å². The Labute approximate surface area is 145 Å². The lowest BCUT2D eigenvalue weighted by atomic mass is 10.0. The van der Waals surface area contributed by atoms with E-state index in [1.165, 1.54) is 31.4 Å². The van der Waals surface area contributed by atoms with Crippen molar-refractivity contribution in [3.63, 3.8) is 0 Å². The van der Waals surface area contributed by atoms with Gasteiger partial charge in [0.15, 0.2) is 0 Å². The van der Waals surface area contributed by atoms with Crippen LogP contribution in [0.2, 0.25) is 0 Å². The molecule has 0 bridgehead atoms. The van der Waals surface area contributed by atoms with Crippen molar-refractivity contribution in [2.24, 2.45) is 5.92 Å². The van der Waals surface area contributed by atoms with Gasteiger partial charge in [0.2, 0.25) is 0 Å². The molecule has 2 atom stereocenters. The highest BCUT2D eigenvalue weighted by Gasteiger charge is 2.30. The quantitative estimate of drug-likeness (QED) is 0.502.